The summed E-state index contributed by atoms with van der Waals surface area (Å²) in [6.45, 7) is 0. The molecule has 0 radical (unpaired) electrons. The summed E-state index contributed by atoms with van der Waals surface area (Å²) in [6.07, 6.45) is 104. The Labute approximate surface area is 441 Å². The van der Waals surface area contributed by atoms with E-state index in [1.54, 1.807) is 0 Å². The second kappa shape index (κ2) is 64.1. The molecule has 0 aliphatic heterocycles. The lowest BCUT2D eigenvalue weighted by molar-refractivity contribution is 0.504. The summed E-state index contributed by atoms with van der Waals surface area (Å²) < 4.78 is 0. The Balaban J connectivity index is 0.000000366. The van der Waals surface area contributed by atoms with Gasteiger partial charge in [0.2, 0.25) is 0 Å². The van der Waals surface area contributed by atoms with Gasteiger partial charge < -0.3 is 0 Å². The zero-order valence-electron chi connectivity index (χ0n) is 48.8. The standard InChI is InChI=1S/15C4H8.3C3H6/c15*1-2-4-3-1;3*1-2-3-1/h15*1-4H2;3*1-3H2. The Morgan fingerprint density at radius 1 is 0.0290 bits per heavy atom. The molecule has 0 heterocycles. The molecule has 414 valence electrons. The SMILES string of the molecule is C1CC1.C1CC1.C1CC1.C1CCC1.C1CCC1.C1CCC1.C1CCC1.C1CCC1.C1CCC1.C1CCC1.C1CCC1.C1CCC1.C1CCC1.C1CCC1.C1CCC1.C1CCC1.C1CCC1.C1CCC1. The lowest BCUT2D eigenvalue weighted by atomic mass is 10.0. The van der Waals surface area contributed by atoms with E-state index in [1.807, 2.05) is 0 Å². The van der Waals surface area contributed by atoms with Crippen LogP contribution >= 0.6 is 0 Å². The van der Waals surface area contributed by atoms with Gasteiger partial charge in [0.1, 0.15) is 0 Å². The van der Waals surface area contributed by atoms with Crippen LogP contribution in [0, 0.1) is 0 Å². The van der Waals surface area contributed by atoms with Crippen molar-refractivity contribution in [3.8, 4) is 0 Å². The second-order valence-electron chi connectivity index (χ2n) is 24.4. The molecule has 18 saturated carbocycles. The molecule has 69 heavy (non-hydrogen) atoms. The predicted octanol–water partition coefficient (Wildman–Crippen LogP) is 26.9. The maximum Gasteiger partial charge on any atom is -0.0533 e. The van der Waals surface area contributed by atoms with Crippen molar-refractivity contribution in [3.63, 3.8) is 0 Å². The highest BCUT2D eigenvalue weighted by Gasteiger charge is 2.01. The average Bonchev–Trinajstić information content (AvgIpc) is 3.76. The fraction of sp³-hybridized carbons (Fsp3) is 1.00. The molecule has 18 rings (SSSR count). The molecule has 0 nitrogen and oxygen atoms in total. The summed E-state index contributed by atoms with van der Waals surface area (Å²) in [4.78, 5) is 0. The van der Waals surface area contributed by atoms with Crippen LogP contribution in [0.25, 0.3) is 0 Å². The van der Waals surface area contributed by atoms with Crippen LogP contribution in [0.15, 0.2) is 0 Å². The molecule has 0 saturated heterocycles. The smallest absolute Gasteiger partial charge is 0.0533 e. The Morgan fingerprint density at radius 2 is 0.0435 bits per heavy atom. The summed E-state index contributed by atoms with van der Waals surface area (Å²) in [5.74, 6) is 0. The fourth-order valence-electron chi connectivity index (χ4n) is 3.75. The molecule has 0 aromatic heterocycles. The molecule has 0 aromatic rings. The highest BCUT2D eigenvalue weighted by molar-refractivity contribution is 4.57. The number of hydrogen-bond acceptors (Lipinski definition) is 0. The molecule has 18 aliphatic carbocycles. The van der Waals surface area contributed by atoms with Gasteiger partial charge >= 0.3 is 0 Å². The van der Waals surface area contributed by atoms with E-state index in [1.165, 1.54) is 443 Å². The van der Waals surface area contributed by atoms with E-state index >= 15 is 0 Å². The summed E-state index contributed by atoms with van der Waals surface area (Å²) in [5, 5.41) is 0. The molecular weight excluding hydrogens is 829 g/mol. The second-order valence-corrected chi connectivity index (χ2v) is 24.4. The minimum Gasteiger partial charge on any atom is -0.0533 e. The van der Waals surface area contributed by atoms with Gasteiger partial charge in [-0.05, 0) is 0 Å². The molecule has 0 N–H and O–H groups in total. The first-order chi connectivity index (χ1) is 34.5. The van der Waals surface area contributed by atoms with E-state index in [0.717, 1.165) is 0 Å². The van der Waals surface area contributed by atoms with E-state index in [9.17, 15) is 0 Å². The first-order valence-electron chi connectivity index (χ1n) is 34.5. The molecule has 0 aromatic carbocycles. The minimum atomic E-state index is 1.50. The third-order valence-electron chi connectivity index (χ3n) is 16.1. The maximum absolute atomic E-state index is 1.50. The van der Waals surface area contributed by atoms with Crippen LogP contribution in [0.3, 0.4) is 0 Å². The highest BCUT2D eigenvalue weighted by atomic mass is 14.1. The van der Waals surface area contributed by atoms with E-state index in [-0.39, 0.29) is 0 Å². The first-order valence-corrected chi connectivity index (χ1v) is 34.5. The van der Waals surface area contributed by atoms with Crippen molar-refractivity contribution in [2.24, 2.45) is 0 Å². The van der Waals surface area contributed by atoms with Gasteiger partial charge in [-0.3, -0.25) is 0 Å². The van der Waals surface area contributed by atoms with E-state index in [4.69, 9.17) is 0 Å². The third kappa shape index (κ3) is 74.6. The van der Waals surface area contributed by atoms with Crippen LogP contribution in [0.1, 0.15) is 443 Å². The van der Waals surface area contributed by atoms with Crippen molar-refractivity contribution >= 4 is 0 Å². The van der Waals surface area contributed by atoms with Gasteiger partial charge in [0, 0.05) is 0 Å². The van der Waals surface area contributed by atoms with Gasteiger partial charge in [-0.2, -0.15) is 0 Å². The first kappa shape index (κ1) is 67.0. The average molecular weight is 968 g/mol. The van der Waals surface area contributed by atoms with Crippen molar-refractivity contribution < 1.29 is 0 Å². The van der Waals surface area contributed by atoms with E-state index in [0.29, 0.717) is 0 Å². The molecule has 0 unspecified atom stereocenters. The molecule has 0 amide bonds. The molecule has 18 aliphatic rings. The Kier molecular flexibility index (Phi) is 62.3. The Morgan fingerprint density at radius 3 is 0.0435 bits per heavy atom. The summed E-state index contributed by atoms with van der Waals surface area (Å²) in [6, 6.07) is 0. The summed E-state index contributed by atoms with van der Waals surface area (Å²) >= 11 is 0. The van der Waals surface area contributed by atoms with Gasteiger partial charge in [0.25, 0.3) is 0 Å². The molecule has 0 spiro atoms. The van der Waals surface area contributed by atoms with Gasteiger partial charge in [-0.15, -0.1) is 0 Å². The van der Waals surface area contributed by atoms with Crippen LogP contribution in [0.2, 0.25) is 0 Å². The van der Waals surface area contributed by atoms with E-state index < -0.39 is 0 Å². The number of hydrogen-bond donors (Lipinski definition) is 0. The fourth-order valence-corrected chi connectivity index (χ4v) is 3.75. The van der Waals surface area contributed by atoms with Crippen molar-refractivity contribution in [2.75, 3.05) is 0 Å². The summed E-state index contributed by atoms with van der Waals surface area (Å²) in [5.41, 5.74) is 0. The van der Waals surface area contributed by atoms with E-state index in [2.05, 4.69) is 0 Å². The lowest BCUT2D eigenvalue weighted by Crippen LogP contribution is -1.85. The Hall–Kier alpha value is 0. The van der Waals surface area contributed by atoms with Crippen molar-refractivity contribution in [3.05, 3.63) is 0 Å². The number of rotatable bonds is 0. The topological polar surface area (TPSA) is 0 Å². The van der Waals surface area contributed by atoms with Crippen molar-refractivity contribution in [1.82, 2.24) is 0 Å². The minimum absolute atomic E-state index is 1.50. The van der Waals surface area contributed by atoms with Crippen molar-refractivity contribution in [1.29, 1.82) is 0 Å². The van der Waals surface area contributed by atoms with Crippen LogP contribution in [-0.4, -0.2) is 0 Å². The zero-order chi connectivity index (χ0) is 48.8. The van der Waals surface area contributed by atoms with Gasteiger partial charge in [-0.25, -0.2) is 0 Å². The van der Waals surface area contributed by atoms with Crippen molar-refractivity contribution in [2.45, 2.75) is 443 Å². The molecule has 18 fully saturated rings. The van der Waals surface area contributed by atoms with Crippen LogP contribution < -0.4 is 0 Å². The quantitative estimate of drug-likeness (QED) is 0.227. The van der Waals surface area contributed by atoms with Gasteiger partial charge in [0.15, 0.2) is 0 Å². The molecule has 0 bridgehead atoms. The zero-order valence-corrected chi connectivity index (χ0v) is 48.8. The highest BCUT2D eigenvalue weighted by Crippen LogP contribution is 2.21. The monoisotopic (exact) mass is 967 g/mol. The lowest BCUT2D eigenvalue weighted by Gasteiger charge is -2.05. The third-order valence-corrected chi connectivity index (χ3v) is 16.1. The maximum atomic E-state index is 1.50. The van der Waals surface area contributed by atoms with Crippen LogP contribution in [0.5, 0.6) is 0 Å². The predicted molar refractivity (Wildman–Crippen MR) is 319 cm³/mol. The Bertz CT molecular complexity index is 460. The molecule has 0 atom stereocenters. The van der Waals surface area contributed by atoms with Gasteiger partial charge in [0.05, 0.1) is 0 Å². The summed E-state index contributed by atoms with van der Waals surface area (Å²) in [7, 11) is 0. The molecule has 0 heteroatoms. The van der Waals surface area contributed by atoms with Crippen LogP contribution in [-0.2, 0) is 0 Å². The van der Waals surface area contributed by atoms with Crippen LogP contribution in [0.4, 0.5) is 0 Å². The largest absolute Gasteiger partial charge is 0.0533 e. The van der Waals surface area contributed by atoms with Gasteiger partial charge in [-0.1, -0.05) is 443 Å². The molecular formula is C69H138. The normalized spacial score (nSPS) is 24.0.